The molecule has 0 radical (unpaired) electrons. The Morgan fingerprint density at radius 1 is 1.28 bits per heavy atom. The summed E-state index contributed by atoms with van der Waals surface area (Å²) in [5.74, 6) is 1.83. The van der Waals surface area contributed by atoms with Gasteiger partial charge in [-0.1, -0.05) is 19.1 Å². The van der Waals surface area contributed by atoms with Gasteiger partial charge in [-0.05, 0) is 47.9 Å². The molecule has 0 aromatic heterocycles. The minimum Gasteiger partial charge on any atom is -0.497 e. The maximum atomic E-state index is 12.2. The predicted octanol–water partition coefficient (Wildman–Crippen LogP) is 2.75. The molecule has 130 valence electrons. The van der Waals surface area contributed by atoms with Gasteiger partial charge in [0, 0.05) is 5.92 Å². The highest BCUT2D eigenvalue weighted by Crippen LogP contribution is 2.31. The molecule has 6 nitrogen and oxygen atoms in total. The average molecular weight is 340 g/mol. The molecule has 3 rings (SSSR count). The van der Waals surface area contributed by atoms with Crippen molar-refractivity contribution in [2.24, 2.45) is 11.0 Å². The van der Waals surface area contributed by atoms with E-state index in [4.69, 9.17) is 14.2 Å². The van der Waals surface area contributed by atoms with Crippen molar-refractivity contribution in [1.29, 1.82) is 0 Å². The molecule has 1 atom stereocenters. The van der Waals surface area contributed by atoms with Gasteiger partial charge in [0.25, 0.3) is 0 Å². The minimum absolute atomic E-state index is 0.139. The van der Waals surface area contributed by atoms with E-state index in [1.807, 2.05) is 49.4 Å². The Labute approximate surface area is 146 Å². The minimum atomic E-state index is -0.207. The summed E-state index contributed by atoms with van der Waals surface area (Å²) in [4.78, 5) is 12.2. The summed E-state index contributed by atoms with van der Waals surface area (Å²) < 4.78 is 15.8. The van der Waals surface area contributed by atoms with Gasteiger partial charge in [0.1, 0.15) is 5.75 Å². The quantitative estimate of drug-likeness (QED) is 0.648. The lowest BCUT2D eigenvalue weighted by Crippen LogP contribution is -2.26. The zero-order valence-corrected chi connectivity index (χ0v) is 14.2. The summed E-state index contributed by atoms with van der Waals surface area (Å²) in [6.07, 6.45) is 2.20. The summed E-state index contributed by atoms with van der Waals surface area (Å²) in [6.45, 7) is 2.10. The van der Waals surface area contributed by atoms with Crippen LogP contribution in [0.3, 0.4) is 0 Å². The molecule has 0 fully saturated rings. The molecule has 1 amide bonds. The first-order valence-corrected chi connectivity index (χ1v) is 8.01. The number of benzene rings is 2. The fraction of sp³-hybridized carbons (Fsp3) is 0.263. The third-order valence-corrected chi connectivity index (χ3v) is 3.91. The molecule has 1 aliphatic heterocycles. The molecule has 2 aromatic carbocycles. The van der Waals surface area contributed by atoms with Gasteiger partial charge in [-0.25, -0.2) is 5.43 Å². The van der Waals surface area contributed by atoms with Gasteiger partial charge >= 0.3 is 0 Å². The van der Waals surface area contributed by atoms with Gasteiger partial charge < -0.3 is 14.2 Å². The van der Waals surface area contributed by atoms with E-state index in [1.54, 1.807) is 13.3 Å². The predicted molar refractivity (Wildman–Crippen MR) is 94.2 cm³/mol. The van der Waals surface area contributed by atoms with Gasteiger partial charge in [-0.3, -0.25) is 4.79 Å². The zero-order valence-electron chi connectivity index (χ0n) is 14.2. The van der Waals surface area contributed by atoms with Crippen LogP contribution in [0.2, 0.25) is 0 Å². The average Bonchev–Trinajstić information content (AvgIpc) is 3.09. The van der Waals surface area contributed by atoms with Crippen LogP contribution in [0.1, 0.15) is 18.1 Å². The number of hydrogen-bond acceptors (Lipinski definition) is 5. The van der Waals surface area contributed by atoms with E-state index in [0.29, 0.717) is 17.9 Å². The fourth-order valence-corrected chi connectivity index (χ4v) is 2.52. The van der Waals surface area contributed by atoms with Crippen LogP contribution in [-0.2, 0) is 11.2 Å². The number of rotatable bonds is 6. The van der Waals surface area contributed by atoms with E-state index in [2.05, 4.69) is 10.5 Å². The smallest absolute Gasteiger partial charge is 0.243 e. The van der Waals surface area contributed by atoms with E-state index in [-0.39, 0.29) is 18.6 Å². The molecular weight excluding hydrogens is 320 g/mol. The van der Waals surface area contributed by atoms with Crippen LogP contribution in [0.4, 0.5) is 0 Å². The fourth-order valence-electron chi connectivity index (χ4n) is 2.52. The van der Waals surface area contributed by atoms with Crippen molar-refractivity contribution in [2.75, 3.05) is 13.9 Å². The second kappa shape index (κ2) is 7.70. The lowest BCUT2D eigenvalue weighted by Gasteiger charge is -2.10. The third kappa shape index (κ3) is 4.29. The van der Waals surface area contributed by atoms with Gasteiger partial charge in [-0.2, -0.15) is 5.10 Å². The van der Waals surface area contributed by atoms with Crippen molar-refractivity contribution in [3.8, 4) is 17.2 Å². The highest BCUT2D eigenvalue weighted by molar-refractivity contribution is 5.84. The first kappa shape index (κ1) is 16.8. The molecule has 1 aliphatic rings. The number of ether oxygens (including phenoxy) is 3. The van der Waals surface area contributed by atoms with Crippen LogP contribution in [0.25, 0.3) is 0 Å². The number of fused-ring (bicyclic) bond motifs is 1. The molecule has 1 unspecified atom stereocenters. The Morgan fingerprint density at radius 2 is 2.12 bits per heavy atom. The number of nitrogens with zero attached hydrogens (tertiary/aromatic N) is 1. The second-order valence-electron chi connectivity index (χ2n) is 5.80. The standard InChI is InChI=1S/C19H20N2O4/c1-13(8-14-4-3-5-16(9-14)23-2)19(22)21-20-11-15-6-7-17-18(10-15)25-12-24-17/h3-7,9-11,13H,8,12H2,1-2H3,(H,21,22). The molecular formula is C19H20N2O4. The maximum Gasteiger partial charge on any atom is 0.243 e. The summed E-state index contributed by atoms with van der Waals surface area (Å²) >= 11 is 0. The molecule has 0 aliphatic carbocycles. The van der Waals surface area contributed by atoms with Crippen LogP contribution in [0.15, 0.2) is 47.6 Å². The van der Waals surface area contributed by atoms with Crippen molar-refractivity contribution in [3.63, 3.8) is 0 Å². The molecule has 1 heterocycles. The Morgan fingerprint density at radius 3 is 2.96 bits per heavy atom. The summed E-state index contributed by atoms with van der Waals surface area (Å²) in [7, 11) is 1.63. The zero-order chi connectivity index (χ0) is 17.6. The molecule has 0 spiro atoms. The van der Waals surface area contributed by atoms with Gasteiger partial charge in [-0.15, -0.1) is 0 Å². The molecule has 0 saturated heterocycles. The van der Waals surface area contributed by atoms with Gasteiger partial charge in [0.2, 0.25) is 12.7 Å². The van der Waals surface area contributed by atoms with Crippen LogP contribution in [0, 0.1) is 5.92 Å². The number of methoxy groups -OCH3 is 1. The summed E-state index contributed by atoms with van der Waals surface area (Å²) in [5.41, 5.74) is 4.44. The second-order valence-corrected chi connectivity index (χ2v) is 5.80. The van der Waals surface area contributed by atoms with Crippen molar-refractivity contribution < 1.29 is 19.0 Å². The van der Waals surface area contributed by atoms with Gasteiger partial charge in [0.05, 0.1) is 13.3 Å². The number of amides is 1. The van der Waals surface area contributed by atoms with Crippen molar-refractivity contribution >= 4 is 12.1 Å². The van der Waals surface area contributed by atoms with Crippen molar-refractivity contribution in [2.45, 2.75) is 13.3 Å². The molecule has 25 heavy (non-hydrogen) atoms. The number of hydrogen-bond donors (Lipinski definition) is 1. The van der Waals surface area contributed by atoms with E-state index >= 15 is 0 Å². The van der Waals surface area contributed by atoms with Crippen LogP contribution in [0.5, 0.6) is 17.2 Å². The number of carbonyl (C=O) groups is 1. The number of hydrazone groups is 1. The van der Waals surface area contributed by atoms with Crippen molar-refractivity contribution in [1.82, 2.24) is 5.43 Å². The maximum absolute atomic E-state index is 12.2. The highest BCUT2D eigenvalue weighted by atomic mass is 16.7. The van der Waals surface area contributed by atoms with Gasteiger partial charge in [0.15, 0.2) is 11.5 Å². The van der Waals surface area contributed by atoms with Crippen LogP contribution >= 0.6 is 0 Å². The van der Waals surface area contributed by atoms with Crippen LogP contribution < -0.4 is 19.6 Å². The first-order chi connectivity index (χ1) is 12.2. The Bertz CT molecular complexity index is 789. The number of carbonyl (C=O) groups excluding carboxylic acids is 1. The lowest BCUT2D eigenvalue weighted by molar-refractivity contribution is -0.124. The largest absolute Gasteiger partial charge is 0.497 e. The van der Waals surface area contributed by atoms with E-state index in [0.717, 1.165) is 16.9 Å². The highest BCUT2D eigenvalue weighted by Gasteiger charge is 2.14. The van der Waals surface area contributed by atoms with Crippen molar-refractivity contribution in [3.05, 3.63) is 53.6 Å². The molecule has 2 aromatic rings. The van der Waals surface area contributed by atoms with Crippen LogP contribution in [-0.4, -0.2) is 26.0 Å². The normalized spacial score (nSPS) is 13.7. The van der Waals surface area contributed by atoms with E-state index in [9.17, 15) is 4.79 Å². The summed E-state index contributed by atoms with van der Waals surface area (Å²) in [6, 6.07) is 13.2. The topological polar surface area (TPSA) is 69.2 Å². The molecule has 0 saturated carbocycles. The number of nitrogens with one attached hydrogen (secondary N) is 1. The first-order valence-electron chi connectivity index (χ1n) is 8.01. The Kier molecular flexibility index (Phi) is 5.18. The van der Waals surface area contributed by atoms with E-state index < -0.39 is 0 Å². The Balaban J connectivity index is 1.54. The molecule has 6 heteroatoms. The monoisotopic (exact) mass is 340 g/mol. The Hall–Kier alpha value is -3.02. The lowest BCUT2D eigenvalue weighted by atomic mass is 10.0. The molecule has 0 bridgehead atoms. The van der Waals surface area contributed by atoms with E-state index in [1.165, 1.54) is 0 Å². The SMILES string of the molecule is COc1cccc(CC(C)C(=O)NN=Cc2ccc3c(c2)OCO3)c1. The molecule has 1 N–H and O–H groups in total. The third-order valence-electron chi connectivity index (χ3n) is 3.91. The summed E-state index contributed by atoms with van der Waals surface area (Å²) in [5, 5.41) is 4.02.